The Morgan fingerprint density at radius 3 is 1.76 bits per heavy atom. The van der Waals surface area contributed by atoms with Crippen molar-refractivity contribution in [3.63, 3.8) is 0 Å². The number of hydrogen-bond acceptors (Lipinski definition) is 4. The Hall–Kier alpha value is -7.01. The van der Waals surface area contributed by atoms with E-state index >= 15 is 0 Å². The third-order valence-corrected chi connectivity index (χ3v) is 11.1. The third-order valence-electron chi connectivity index (χ3n) is 11.1. The summed E-state index contributed by atoms with van der Waals surface area (Å²) in [5.41, 5.74) is 9.80. The first-order chi connectivity index (χ1) is 27.2. The van der Waals surface area contributed by atoms with Crippen molar-refractivity contribution in [1.29, 1.82) is 0 Å². The summed E-state index contributed by atoms with van der Waals surface area (Å²) < 4.78 is 6.45. The summed E-state index contributed by atoms with van der Waals surface area (Å²) in [5, 5.41) is 17.3. The van der Waals surface area contributed by atoms with Gasteiger partial charge in [0, 0.05) is 21.9 Å². The molecule has 1 aromatic heterocycles. The van der Waals surface area contributed by atoms with Crippen LogP contribution in [0, 0.1) is 0 Å². The fourth-order valence-corrected chi connectivity index (χ4v) is 8.51. The van der Waals surface area contributed by atoms with Crippen LogP contribution in [0.25, 0.3) is 76.5 Å². The average molecular weight is 706 g/mol. The Labute approximate surface area is 318 Å². The van der Waals surface area contributed by atoms with Crippen LogP contribution in [0.1, 0.15) is 29.0 Å². The lowest BCUT2D eigenvalue weighted by Gasteiger charge is -2.34. The van der Waals surface area contributed by atoms with Crippen LogP contribution in [-0.4, -0.2) is 5.84 Å². The van der Waals surface area contributed by atoms with Gasteiger partial charge in [0.25, 0.3) is 0 Å². The Morgan fingerprint density at radius 1 is 0.418 bits per heavy atom. The molecule has 2 heterocycles. The van der Waals surface area contributed by atoms with Gasteiger partial charge in [0.05, 0.1) is 0 Å². The standard InChI is InChI=1S/C51H35N3O/c1-3-13-34(14-4-1)49-52-50(35-15-5-2-6-16-35)54-51(53-49)48-43-22-12-10-20-40(43)39-19-9-11-21-42(39)47(48)33-25-23-32(24-26-33)38-27-28-41-44-29-36-17-7-8-18-37(36)30-46(44)55-45(41)31-38/h1-31,49,51,53H,(H,52,54). The van der Waals surface area contributed by atoms with E-state index in [2.05, 4.69) is 193 Å². The number of benzene rings is 9. The van der Waals surface area contributed by atoms with Crippen LogP contribution >= 0.6 is 0 Å². The lowest BCUT2D eigenvalue weighted by molar-refractivity contribution is 0.412. The monoisotopic (exact) mass is 705 g/mol. The topological polar surface area (TPSA) is 49.6 Å². The minimum atomic E-state index is -0.241. The molecule has 2 atom stereocenters. The molecule has 0 bridgehead atoms. The van der Waals surface area contributed by atoms with Crippen molar-refractivity contribution in [2.24, 2.45) is 4.99 Å². The first-order valence-corrected chi connectivity index (χ1v) is 18.9. The fourth-order valence-electron chi connectivity index (χ4n) is 8.51. The Morgan fingerprint density at radius 2 is 1.00 bits per heavy atom. The number of furan rings is 1. The van der Waals surface area contributed by atoms with E-state index < -0.39 is 0 Å². The predicted octanol–water partition coefficient (Wildman–Crippen LogP) is 12.7. The molecular formula is C51H35N3O. The molecule has 0 spiro atoms. The highest BCUT2D eigenvalue weighted by Crippen LogP contribution is 2.43. The molecule has 1 aliphatic heterocycles. The maximum Gasteiger partial charge on any atom is 0.136 e. The van der Waals surface area contributed by atoms with Gasteiger partial charge >= 0.3 is 0 Å². The van der Waals surface area contributed by atoms with Gasteiger partial charge in [-0.05, 0) is 84.4 Å². The number of aliphatic imine (C=N–C) groups is 1. The van der Waals surface area contributed by atoms with Crippen LogP contribution < -0.4 is 10.6 Å². The zero-order valence-electron chi connectivity index (χ0n) is 29.9. The Balaban J connectivity index is 1.06. The van der Waals surface area contributed by atoms with Crippen LogP contribution in [0.15, 0.2) is 197 Å². The van der Waals surface area contributed by atoms with Crippen LogP contribution in [0.4, 0.5) is 0 Å². The second-order valence-electron chi connectivity index (χ2n) is 14.4. The van der Waals surface area contributed by atoms with Crippen molar-refractivity contribution >= 4 is 60.1 Å². The summed E-state index contributed by atoms with van der Waals surface area (Å²) in [4.78, 5) is 5.22. The Kier molecular flexibility index (Phi) is 7.35. The highest BCUT2D eigenvalue weighted by atomic mass is 16.3. The van der Waals surface area contributed by atoms with Crippen molar-refractivity contribution in [3.8, 4) is 22.3 Å². The number of nitrogens with one attached hydrogen (secondary N) is 2. The van der Waals surface area contributed by atoms with Gasteiger partial charge in [0.1, 0.15) is 29.3 Å². The van der Waals surface area contributed by atoms with E-state index in [1.165, 1.54) is 43.4 Å². The van der Waals surface area contributed by atoms with E-state index in [-0.39, 0.29) is 12.3 Å². The second kappa shape index (κ2) is 12.8. The van der Waals surface area contributed by atoms with E-state index in [4.69, 9.17) is 9.41 Å². The van der Waals surface area contributed by atoms with Gasteiger partial charge in [-0.1, -0.05) is 164 Å². The lowest BCUT2D eigenvalue weighted by Crippen LogP contribution is -2.45. The molecule has 0 radical (unpaired) electrons. The van der Waals surface area contributed by atoms with Gasteiger partial charge in [-0.15, -0.1) is 0 Å². The van der Waals surface area contributed by atoms with E-state index in [9.17, 15) is 0 Å². The average Bonchev–Trinajstić information content (AvgIpc) is 3.62. The number of hydrogen-bond donors (Lipinski definition) is 2. The normalized spacial score (nSPS) is 15.8. The molecule has 55 heavy (non-hydrogen) atoms. The van der Waals surface area contributed by atoms with Crippen molar-refractivity contribution < 1.29 is 4.42 Å². The van der Waals surface area contributed by atoms with Gasteiger partial charge in [0.15, 0.2) is 0 Å². The summed E-state index contributed by atoms with van der Waals surface area (Å²) in [7, 11) is 0. The number of rotatable bonds is 5. The van der Waals surface area contributed by atoms with Crippen LogP contribution in [-0.2, 0) is 0 Å². The van der Waals surface area contributed by atoms with E-state index in [0.29, 0.717) is 0 Å². The first kappa shape index (κ1) is 31.5. The van der Waals surface area contributed by atoms with Crippen molar-refractivity contribution in [1.82, 2.24) is 10.6 Å². The molecule has 0 saturated carbocycles. The Bertz CT molecular complexity index is 3090. The molecule has 0 saturated heterocycles. The SMILES string of the molecule is c1ccc(C2=NC(c3ccccc3)NC(c3c(-c4ccc(-c5ccc6c(c5)oc5cc7ccccc7cc56)cc4)c4ccccc4c4ccccc34)N2)cc1. The van der Waals surface area contributed by atoms with Gasteiger partial charge in [-0.2, -0.15) is 0 Å². The van der Waals surface area contributed by atoms with E-state index in [1.54, 1.807) is 0 Å². The van der Waals surface area contributed by atoms with Crippen LogP contribution in [0.5, 0.6) is 0 Å². The lowest BCUT2D eigenvalue weighted by atomic mass is 9.86. The molecule has 11 rings (SSSR count). The van der Waals surface area contributed by atoms with Gasteiger partial charge in [0.2, 0.25) is 0 Å². The molecule has 0 amide bonds. The molecule has 0 aliphatic carbocycles. The summed E-state index contributed by atoms with van der Waals surface area (Å²) in [6.07, 6.45) is -0.482. The summed E-state index contributed by atoms with van der Waals surface area (Å²) in [6.45, 7) is 0. The van der Waals surface area contributed by atoms with Gasteiger partial charge in [-0.3, -0.25) is 5.32 Å². The number of nitrogens with zero attached hydrogens (tertiary/aromatic N) is 1. The molecule has 0 fully saturated rings. The van der Waals surface area contributed by atoms with Gasteiger partial charge in [-0.25, -0.2) is 4.99 Å². The predicted molar refractivity (Wildman–Crippen MR) is 228 cm³/mol. The molecule has 10 aromatic rings. The summed E-state index contributed by atoms with van der Waals surface area (Å²) in [5.74, 6) is 0.866. The number of fused-ring (bicyclic) bond motifs is 7. The molecule has 2 N–H and O–H groups in total. The molecule has 4 nitrogen and oxygen atoms in total. The highest BCUT2D eigenvalue weighted by Gasteiger charge is 2.30. The first-order valence-electron chi connectivity index (χ1n) is 18.9. The maximum absolute atomic E-state index is 6.45. The molecule has 260 valence electrons. The third kappa shape index (κ3) is 5.38. The molecule has 1 aliphatic rings. The quantitative estimate of drug-likeness (QED) is 0.175. The number of amidine groups is 1. The second-order valence-corrected chi connectivity index (χ2v) is 14.4. The largest absolute Gasteiger partial charge is 0.456 e. The zero-order valence-corrected chi connectivity index (χ0v) is 29.9. The zero-order chi connectivity index (χ0) is 36.3. The smallest absolute Gasteiger partial charge is 0.136 e. The molecular weight excluding hydrogens is 671 g/mol. The summed E-state index contributed by atoms with van der Waals surface area (Å²) >= 11 is 0. The molecule has 2 unspecified atom stereocenters. The minimum Gasteiger partial charge on any atom is -0.456 e. The molecule has 9 aromatic carbocycles. The van der Waals surface area contributed by atoms with Crippen molar-refractivity contribution in [2.45, 2.75) is 12.3 Å². The van der Waals surface area contributed by atoms with Gasteiger partial charge < -0.3 is 9.73 Å². The van der Waals surface area contributed by atoms with Crippen molar-refractivity contribution in [3.05, 3.63) is 205 Å². The van der Waals surface area contributed by atoms with Crippen LogP contribution in [0.2, 0.25) is 0 Å². The van der Waals surface area contributed by atoms with Crippen molar-refractivity contribution in [2.75, 3.05) is 0 Å². The highest BCUT2D eigenvalue weighted by molar-refractivity contribution is 6.16. The maximum atomic E-state index is 6.45. The molecule has 4 heteroatoms. The fraction of sp³-hybridized carbons (Fsp3) is 0.0392. The van der Waals surface area contributed by atoms with E-state index in [0.717, 1.165) is 55.6 Å². The van der Waals surface area contributed by atoms with Crippen LogP contribution in [0.3, 0.4) is 0 Å². The summed E-state index contributed by atoms with van der Waals surface area (Å²) in [6, 6.07) is 67.0. The van der Waals surface area contributed by atoms with E-state index in [1.807, 2.05) is 6.07 Å². The minimum absolute atomic E-state index is 0.241.